The third-order valence-electron chi connectivity index (χ3n) is 3.21. The number of hydrogen-bond acceptors (Lipinski definition) is 3. The van der Waals surface area contributed by atoms with Crippen LogP contribution in [0.15, 0.2) is 18.2 Å². The molecule has 1 fully saturated rings. The van der Waals surface area contributed by atoms with Crippen LogP contribution in [0.4, 0.5) is 0 Å². The van der Waals surface area contributed by atoms with Crippen LogP contribution in [0, 0.1) is 0 Å². The van der Waals surface area contributed by atoms with Crippen molar-refractivity contribution in [2.45, 2.75) is 25.0 Å². The molecular formula is C13H17Cl2NO2. The highest BCUT2D eigenvalue weighted by Gasteiger charge is 2.29. The summed E-state index contributed by atoms with van der Waals surface area (Å²) in [6, 6.07) is 5.43. The standard InChI is InChI=1S/C13H17Cl2NO2/c14-11-2-1-10(12(15)7-11)8-16-9-13(17)3-5-18-6-4-13/h1-2,7,16-17H,3-6,8-9H2. The van der Waals surface area contributed by atoms with Gasteiger partial charge in [0.05, 0.1) is 5.60 Å². The fourth-order valence-corrected chi connectivity index (χ4v) is 2.50. The summed E-state index contributed by atoms with van der Waals surface area (Å²) in [5.74, 6) is 0. The number of nitrogens with one attached hydrogen (secondary N) is 1. The lowest BCUT2D eigenvalue weighted by Crippen LogP contribution is -2.44. The third kappa shape index (κ3) is 3.84. The molecule has 18 heavy (non-hydrogen) atoms. The van der Waals surface area contributed by atoms with E-state index < -0.39 is 5.60 Å². The zero-order valence-electron chi connectivity index (χ0n) is 10.1. The van der Waals surface area contributed by atoms with E-state index in [2.05, 4.69) is 5.32 Å². The maximum absolute atomic E-state index is 10.3. The van der Waals surface area contributed by atoms with E-state index in [0.29, 0.717) is 49.2 Å². The van der Waals surface area contributed by atoms with Crippen LogP contribution in [0.1, 0.15) is 18.4 Å². The van der Waals surface area contributed by atoms with Crippen LogP contribution in [0.2, 0.25) is 10.0 Å². The average Bonchev–Trinajstić information content (AvgIpc) is 2.33. The Bertz CT molecular complexity index is 406. The maximum Gasteiger partial charge on any atom is 0.0815 e. The van der Waals surface area contributed by atoms with Crippen molar-refractivity contribution in [3.8, 4) is 0 Å². The van der Waals surface area contributed by atoms with E-state index in [1.807, 2.05) is 12.1 Å². The van der Waals surface area contributed by atoms with Crippen molar-refractivity contribution in [1.82, 2.24) is 5.32 Å². The van der Waals surface area contributed by atoms with E-state index in [4.69, 9.17) is 27.9 Å². The van der Waals surface area contributed by atoms with Gasteiger partial charge in [-0.1, -0.05) is 29.3 Å². The van der Waals surface area contributed by atoms with Gasteiger partial charge in [0.1, 0.15) is 0 Å². The van der Waals surface area contributed by atoms with Crippen molar-refractivity contribution in [3.05, 3.63) is 33.8 Å². The molecule has 0 aliphatic carbocycles. The normalized spacial score (nSPS) is 18.8. The predicted octanol–water partition coefficient (Wildman–Crippen LogP) is 2.62. The Kier molecular flexibility index (Phi) is 4.87. The zero-order valence-corrected chi connectivity index (χ0v) is 11.6. The highest BCUT2D eigenvalue weighted by Crippen LogP contribution is 2.22. The molecule has 100 valence electrons. The topological polar surface area (TPSA) is 41.5 Å². The van der Waals surface area contributed by atoms with E-state index >= 15 is 0 Å². The van der Waals surface area contributed by atoms with E-state index in [0.717, 1.165) is 5.56 Å². The summed E-state index contributed by atoms with van der Waals surface area (Å²) in [5.41, 5.74) is 0.327. The van der Waals surface area contributed by atoms with Crippen LogP contribution in [0.5, 0.6) is 0 Å². The molecule has 1 heterocycles. The molecule has 2 rings (SSSR count). The van der Waals surface area contributed by atoms with Crippen LogP contribution >= 0.6 is 23.2 Å². The summed E-state index contributed by atoms with van der Waals surface area (Å²) in [7, 11) is 0. The lowest BCUT2D eigenvalue weighted by Gasteiger charge is -2.32. The first-order valence-electron chi connectivity index (χ1n) is 6.04. The molecule has 0 atom stereocenters. The van der Waals surface area contributed by atoms with Crippen LogP contribution in [-0.2, 0) is 11.3 Å². The Morgan fingerprint density at radius 1 is 1.28 bits per heavy atom. The van der Waals surface area contributed by atoms with Crippen molar-refractivity contribution < 1.29 is 9.84 Å². The molecule has 1 aromatic carbocycles. The molecule has 3 nitrogen and oxygen atoms in total. The average molecular weight is 290 g/mol. The SMILES string of the molecule is OC1(CNCc2ccc(Cl)cc2Cl)CCOCC1. The Hall–Kier alpha value is -0.320. The number of hydrogen-bond donors (Lipinski definition) is 2. The molecule has 1 aromatic rings. The summed E-state index contributed by atoms with van der Waals surface area (Å²) in [4.78, 5) is 0. The van der Waals surface area contributed by atoms with E-state index in [1.54, 1.807) is 6.07 Å². The van der Waals surface area contributed by atoms with E-state index in [-0.39, 0.29) is 0 Å². The van der Waals surface area contributed by atoms with Crippen molar-refractivity contribution in [2.75, 3.05) is 19.8 Å². The third-order valence-corrected chi connectivity index (χ3v) is 3.80. The second-order valence-corrected chi connectivity index (χ2v) is 5.52. The van der Waals surface area contributed by atoms with Crippen molar-refractivity contribution >= 4 is 23.2 Å². The fourth-order valence-electron chi connectivity index (χ4n) is 2.02. The van der Waals surface area contributed by atoms with Gasteiger partial charge in [-0.05, 0) is 17.7 Å². The smallest absolute Gasteiger partial charge is 0.0815 e. The van der Waals surface area contributed by atoms with Gasteiger partial charge < -0.3 is 15.2 Å². The van der Waals surface area contributed by atoms with Crippen LogP contribution in [0.25, 0.3) is 0 Å². The molecule has 0 radical (unpaired) electrons. The van der Waals surface area contributed by atoms with Gasteiger partial charge in [-0.3, -0.25) is 0 Å². The number of halogens is 2. The highest BCUT2D eigenvalue weighted by atomic mass is 35.5. The van der Waals surface area contributed by atoms with Gasteiger partial charge >= 0.3 is 0 Å². The first kappa shape index (κ1) is 14.1. The highest BCUT2D eigenvalue weighted by molar-refractivity contribution is 6.35. The Morgan fingerprint density at radius 3 is 2.67 bits per heavy atom. The molecule has 0 unspecified atom stereocenters. The first-order chi connectivity index (χ1) is 8.59. The number of benzene rings is 1. The monoisotopic (exact) mass is 289 g/mol. The minimum Gasteiger partial charge on any atom is -0.388 e. The van der Waals surface area contributed by atoms with Gasteiger partial charge in [-0.15, -0.1) is 0 Å². The van der Waals surface area contributed by atoms with E-state index in [9.17, 15) is 5.11 Å². The fraction of sp³-hybridized carbons (Fsp3) is 0.538. The first-order valence-corrected chi connectivity index (χ1v) is 6.79. The molecule has 1 saturated heterocycles. The molecule has 0 amide bonds. The van der Waals surface area contributed by atoms with Crippen molar-refractivity contribution in [2.24, 2.45) is 0 Å². The van der Waals surface area contributed by atoms with E-state index in [1.165, 1.54) is 0 Å². The molecule has 1 aliphatic heterocycles. The minimum absolute atomic E-state index is 0.551. The maximum atomic E-state index is 10.3. The quantitative estimate of drug-likeness (QED) is 0.895. The van der Waals surface area contributed by atoms with Gasteiger partial charge in [0.2, 0.25) is 0 Å². The zero-order chi connectivity index (χ0) is 13.0. The minimum atomic E-state index is -0.656. The van der Waals surface area contributed by atoms with Gasteiger partial charge in [0.15, 0.2) is 0 Å². The second-order valence-electron chi connectivity index (χ2n) is 4.68. The second kappa shape index (κ2) is 6.22. The van der Waals surface area contributed by atoms with Crippen LogP contribution < -0.4 is 5.32 Å². The van der Waals surface area contributed by atoms with Gasteiger partial charge in [0.25, 0.3) is 0 Å². The molecule has 1 aliphatic rings. The molecular weight excluding hydrogens is 273 g/mol. The number of aliphatic hydroxyl groups is 1. The lowest BCUT2D eigenvalue weighted by atomic mass is 9.94. The summed E-state index contributed by atoms with van der Waals surface area (Å²) in [5, 5.41) is 14.8. The molecule has 0 bridgehead atoms. The predicted molar refractivity (Wildman–Crippen MR) is 73.2 cm³/mol. The van der Waals surface area contributed by atoms with Crippen LogP contribution in [0.3, 0.4) is 0 Å². The lowest BCUT2D eigenvalue weighted by molar-refractivity contribution is -0.0617. The Morgan fingerprint density at radius 2 is 2.00 bits per heavy atom. The van der Waals surface area contributed by atoms with Gasteiger partial charge in [-0.25, -0.2) is 0 Å². The number of rotatable bonds is 4. The largest absolute Gasteiger partial charge is 0.388 e. The Balaban J connectivity index is 1.84. The molecule has 0 spiro atoms. The number of ether oxygens (including phenoxy) is 1. The summed E-state index contributed by atoms with van der Waals surface area (Å²) < 4.78 is 5.24. The van der Waals surface area contributed by atoms with Crippen molar-refractivity contribution in [1.29, 1.82) is 0 Å². The molecule has 0 aromatic heterocycles. The summed E-state index contributed by atoms with van der Waals surface area (Å²) in [6.07, 6.45) is 1.35. The summed E-state index contributed by atoms with van der Waals surface area (Å²) >= 11 is 11.9. The molecule has 2 N–H and O–H groups in total. The summed E-state index contributed by atoms with van der Waals surface area (Å²) in [6.45, 7) is 2.42. The van der Waals surface area contributed by atoms with Gasteiger partial charge in [-0.2, -0.15) is 0 Å². The van der Waals surface area contributed by atoms with Crippen LogP contribution in [-0.4, -0.2) is 30.5 Å². The molecule has 5 heteroatoms. The Labute approximate surface area is 117 Å². The molecule has 0 saturated carbocycles. The van der Waals surface area contributed by atoms with Crippen molar-refractivity contribution in [3.63, 3.8) is 0 Å². The van der Waals surface area contributed by atoms with Gasteiger partial charge in [0, 0.05) is 49.2 Å².